The van der Waals surface area contributed by atoms with E-state index in [4.69, 9.17) is 4.42 Å². The number of nitrogens with one attached hydrogen (secondary N) is 1. The predicted molar refractivity (Wildman–Crippen MR) is 73.2 cm³/mol. The Morgan fingerprint density at radius 3 is 2.35 bits per heavy atom. The molecule has 0 aliphatic heterocycles. The molecule has 1 aromatic heterocycles. The Balaban J connectivity index is 2.13. The van der Waals surface area contributed by atoms with Gasteiger partial charge in [-0.3, -0.25) is 0 Å². The summed E-state index contributed by atoms with van der Waals surface area (Å²) < 4.78 is 5.34. The molecular weight excluding hydrogens is 210 g/mol. The topological polar surface area (TPSA) is 25.2 Å². The van der Waals surface area contributed by atoms with Crippen molar-refractivity contribution in [1.29, 1.82) is 0 Å². The third kappa shape index (κ3) is 6.52. The summed E-state index contributed by atoms with van der Waals surface area (Å²) in [5.41, 5.74) is 0. The van der Waals surface area contributed by atoms with Gasteiger partial charge in [0.15, 0.2) is 0 Å². The van der Waals surface area contributed by atoms with E-state index in [0.717, 1.165) is 24.5 Å². The Kier molecular flexibility index (Phi) is 6.35. The van der Waals surface area contributed by atoms with Gasteiger partial charge in [0.05, 0.1) is 6.26 Å². The van der Waals surface area contributed by atoms with Crippen molar-refractivity contribution in [2.45, 2.75) is 65.5 Å². The van der Waals surface area contributed by atoms with Gasteiger partial charge in [-0.05, 0) is 51.2 Å². The second-order valence-corrected chi connectivity index (χ2v) is 5.56. The zero-order chi connectivity index (χ0) is 12.7. The predicted octanol–water partition coefficient (Wildman–Crippen LogP) is 4.02. The highest BCUT2D eigenvalue weighted by molar-refractivity contribution is 4.98. The van der Waals surface area contributed by atoms with Crippen LogP contribution in [0.1, 0.15) is 52.7 Å². The standard InChI is InChI=1S/C15H27NO/c1-12(2)7-8-13(3)16-14(4)9-10-15-6-5-11-17-15/h5-6,11-14,16H,7-10H2,1-4H3. The van der Waals surface area contributed by atoms with E-state index in [1.807, 2.05) is 6.07 Å². The number of aryl methyl sites for hydroxylation is 1. The first-order valence-electron chi connectivity index (χ1n) is 6.86. The molecule has 2 unspecified atom stereocenters. The summed E-state index contributed by atoms with van der Waals surface area (Å²) in [5.74, 6) is 1.89. The van der Waals surface area contributed by atoms with E-state index in [1.54, 1.807) is 6.26 Å². The Morgan fingerprint density at radius 1 is 1.06 bits per heavy atom. The molecule has 2 heteroatoms. The molecule has 0 saturated carbocycles. The van der Waals surface area contributed by atoms with E-state index in [9.17, 15) is 0 Å². The Hall–Kier alpha value is -0.760. The first kappa shape index (κ1) is 14.3. The maximum Gasteiger partial charge on any atom is 0.103 e. The van der Waals surface area contributed by atoms with E-state index in [0.29, 0.717) is 12.1 Å². The van der Waals surface area contributed by atoms with Crippen molar-refractivity contribution in [3.63, 3.8) is 0 Å². The summed E-state index contributed by atoms with van der Waals surface area (Å²) >= 11 is 0. The van der Waals surface area contributed by atoms with Gasteiger partial charge in [0, 0.05) is 18.5 Å². The molecule has 0 fully saturated rings. The summed E-state index contributed by atoms with van der Waals surface area (Å²) in [7, 11) is 0. The quantitative estimate of drug-likeness (QED) is 0.739. The van der Waals surface area contributed by atoms with Gasteiger partial charge >= 0.3 is 0 Å². The maximum atomic E-state index is 5.34. The van der Waals surface area contributed by atoms with Crippen LogP contribution in [-0.2, 0) is 6.42 Å². The molecule has 0 amide bonds. The van der Waals surface area contributed by atoms with Gasteiger partial charge < -0.3 is 9.73 Å². The minimum absolute atomic E-state index is 0.558. The van der Waals surface area contributed by atoms with Crippen LogP contribution in [0.4, 0.5) is 0 Å². The Morgan fingerprint density at radius 2 is 1.76 bits per heavy atom. The van der Waals surface area contributed by atoms with Crippen LogP contribution in [0.15, 0.2) is 22.8 Å². The maximum absolute atomic E-state index is 5.34. The van der Waals surface area contributed by atoms with Crippen molar-refractivity contribution >= 4 is 0 Å². The molecule has 1 heterocycles. The molecule has 17 heavy (non-hydrogen) atoms. The van der Waals surface area contributed by atoms with Crippen molar-refractivity contribution in [3.8, 4) is 0 Å². The molecule has 0 radical (unpaired) electrons. The lowest BCUT2D eigenvalue weighted by Crippen LogP contribution is -2.34. The summed E-state index contributed by atoms with van der Waals surface area (Å²) in [6.45, 7) is 9.11. The van der Waals surface area contributed by atoms with Crippen LogP contribution in [-0.4, -0.2) is 12.1 Å². The second-order valence-electron chi connectivity index (χ2n) is 5.56. The van der Waals surface area contributed by atoms with Gasteiger partial charge in [-0.1, -0.05) is 13.8 Å². The molecule has 0 aromatic carbocycles. The van der Waals surface area contributed by atoms with E-state index < -0.39 is 0 Å². The first-order valence-corrected chi connectivity index (χ1v) is 6.86. The lowest BCUT2D eigenvalue weighted by molar-refractivity contribution is 0.390. The van der Waals surface area contributed by atoms with Crippen LogP contribution in [0.3, 0.4) is 0 Å². The SMILES string of the molecule is CC(C)CCC(C)NC(C)CCc1ccco1. The van der Waals surface area contributed by atoms with E-state index in [2.05, 4.69) is 39.1 Å². The fourth-order valence-corrected chi connectivity index (χ4v) is 2.05. The third-order valence-corrected chi connectivity index (χ3v) is 3.15. The molecule has 98 valence electrons. The summed E-state index contributed by atoms with van der Waals surface area (Å²) in [6, 6.07) is 5.18. The molecule has 1 N–H and O–H groups in total. The first-order chi connectivity index (χ1) is 8.08. The van der Waals surface area contributed by atoms with Crippen LogP contribution in [0.2, 0.25) is 0 Å². The largest absolute Gasteiger partial charge is 0.469 e. The van der Waals surface area contributed by atoms with Gasteiger partial charge in [0.1, 0.15) is 5.76 Å². The fraction of sp³-hybridized carbons (Fsp3) is 0.733. The van der Waals surface area contributed by atoms with Gasteiger partial charge in [0.25, 0.3) is 0 Å². The zero-order valence-corrected chi connectivity index (χ0v) is 11.7. The lowest BCUT2D eigenvalue weighted by atomic mass is 10.0. The van der Waals surface area contributed by atoms with Crippen molar-refractivity contribution in [1.82, 2.24) is 5.32 Å². The third-order valence-electron chi connectivity index (χ3n) is 3.15. The monoisotopic (exact) mass is 237 g/mol. The number of furan rings is 1. The fourth-order valence-electron chi connectivity index (χ4n) is 2.05. The highest BCUT2D eigenvalue weighted by atomic mass is 16.3. The van der Waals surface area contributed by atoms with Gasteiger partial charge in [-0.25, -0.2) is 0 Å². The summed E-state index contributed by atoms with van der Waals surface area (Å²) in [6.07, 6.45) is 6.48. The number of hydrogen-bond acceptors (Lipinski definition) is 2. The molecule has 1 aromatic rings. The average Bonchev–Trinajstić information content (AvgIpc) is 2.76. The van der Waals surface area contributed by atoms with Crippen LogP contribution < -0.4 is 5.32 Å². The van der Waals surface area contributed by atoms with Crippen molar-refractivity contribution in [2.24, 2.45) is 5.92 Å². The van der Waals surface area contributed by atoms with E-state index in [-0.39, 0.29) is 0 Å². The molecule has 0 spiro atoms. The van der Waals surface area contributed by atoms with E-state index >= 15 is 0 Å². The Labute approximate surface area is 106 Å². The van der Waals surface area contributed by atoms with Crippen LogP contribution in [0, 0.1) is 5.92 Å². The molecule has 1 rings (SSSR count). The van der Waals surface area contributed by atoms with Crippen molar-refractivity contribution < 1.29 is 4.42 Å². The molecule has 0 aliphatic carbocycles. The van der Waals surface area contributed by atoms with Crippen LogP contribution in [0.25, 0.3) is 0 Å². The highest BCUT2D eigenvalue weighted by Crippen LogP contribution is 2.09. The van der Waals surface area contributed by atoms with Gasteiger partial charge in [0.2, 0.25) is 0 Å². The Bertz CT molecular complexity index is 279. The van der Waals surface area contributed by atoms with Gasteiger partial charge in [-0.15, -0.1) is 0 Å². The van der Waals surface area contributed by atoms with Crippen molar-refractivity contribution in [3.05, 3.63) is 24.2 Å². The molecule has 2 nitrogen and oxygen atoms in total. The molecule has 2 atom stereocenters. The minimum Gasteiger partial charge on any atom is -0.469 e. The minimum atomic E-state index is 0.558. The molecule has 0 saturated heterocycles. The zero-order valence-electron chi connectivity index (χ0n) is 11.7. The number of rotatable bonds is 8. The van der Waals surface area contributed by atoms with Gasteiger partial charge in [-0.2, -0.15) is 0 Å². The normalized spacial score (nSPS) is 15.1. The van der Waals surface area contributed by atoms with Crippen LogP contribution >= 0.6 is 0 Å². The second kappa shape index (κ2) is 7.54. The number of hydrogen-bond donors (Lipinski definition) is 1. The molecular formula is C15H27NO. The molecule has 0 aliphatic rings. The van der Waals surface area contributed by atoms with Crippen molar-refractivity contribution in [2.75, 3.05) is 0 Å². The summed E-state index contributed by atoms with van der Waals surface area (Å²) in [4.78, 5) is 0. The smallest absolute Gasteiger partial charge is 0.103 e. The highest BCUT2D eigenvalue weighted by Gasteiger charge is 2.08. The van der Waals surface area contributed by atoms with Crippen LogP contribution in [0.5, 0.6) is 0 Å². The van der Waals surface area contributed by atoms with E-state index in [1.165, 1.54) is 12.8 Å². The lowest BCUT2D eigenvalue weighted by Gasteiger charge is -2.20. The molecule has 0 bridgehead atoms. The average molecular weight is 237 g/mol. The summed E-state index contributed by atoms with van der Waals surface area (Å²) in [5, 5.41) is 3.66.